The van der Waals surface area contributed by atoms with Crippen LogP contribution in [0.3, 0.4) is 0 Å². The molecule has 0 aliphatic carbocycles. The van der Waals surface area contributed by atoms with Crippen molar-refractivity contribution in [2.45, 2.75) is 13.8 Å². The Labute approximate surface area is 110 Å². The van der Waals surface area contributed by atoms with E-state index in [1.807, 2.05) is 31.2 Å². The topological polar surface area (TPSA) is 59.2 Å². The molecule has 1 heterocycles. The molecule has 0 aliphatic heterocycles. The molecule has 2 rings (SSSR count). The molecule has 1 amide bonds. The number of hydrogen-bond acceptors (Lipinski definition) is 4. The molecule has 0 aliphatic rings. The van der Waals surface area contributed by atoms with E-state index in [-0.39, 0.29) is 5.91 Å². The van der Waals surface area contributed by atoms with Crippen LogP contribution in [0.25, 0.3) is 0 Å². The summed E-state index contributed by atoms with van der Waals surface area (Å²) < 4.78 is 0. The van der Waals surface area contributed by atoms with Crippen molar-refractivity contribution in [1.82, 2.24) is 4.98 Å². The Morgan fingerprint density at radius 3 is 2.56 bits per heavy atom. The van der Waals surface area contributed by atoms with Gasteiger partial charge in [-0.15, -0.1) is 0 Å². The van der Waals surface area contributed by atoms with Gasteiger partial charge in [-0.2, -0.15) is 0 Å². The average molecular weight is 261 g/mol. The quantitative estimate of drug-likeness (QED) is 0.904. The summed E-state index contributed by atoms with van der Waals surface area (Å²) in [5, 5.41) is 0.425. The van der Waals surface area contributed by atoms with E-state index >= 15 is 0 Å². The molecule has 2 aromatic rings. The number of rotatable bonds is 2. The van der Waals surface area contributed by atoms with Gasteiger partial charge < -0.3 is 10.6 Å². The molecule has 0 atom stereocenters. The fraction of sp³-hybridized carbons (Fsp3) is 0.231. The van der Waals surface area contributed by atoms with Crippen LogP contribution in [0.5, 0.6) is 0 Å². The van der Waals surface area contributed by atoms with Crippen molar-refractivity contribution in [3.63, 3.8) is 0 Å². The molecule has 2 N–H and O–H groups in total. The van der Waals surface area contributed by atoms with Gasteiger partial charge in [0.1, 0.15) is 4.88 Å². The van der Waals surface area contributed by atoms with Gasteiger partial charge in [0.05, 0.1) is 5.69 Å². The Bertz CT molecular complexity index is 592. The molecule has 0 saturated carbocycles. The van der Waals surface area contributed by atoms with Gasteiger partial charge in [0.15, 0.2) is 5.13 Å². The Hall–Kier alpha value is -1.88. The summed E-state index contributed by atoms with van der Waals surface area (Å²) >= 11 is 1.23. The Kier molecular flexibility index (Phi) is 3.34. The SMILES string of the molecule is Cc1ccccc1N(C)C(=O)c1sc(N)nc1C. The van der Waals surface area contributed by atoms with Gasteiger partial charge in [-0.25, -0.2) is 4.98 Å². The van der Waals surface area contributed by atoms with E-state index in [9.17, 15) is 4.79 Å². The van der Waals surface area contributed by atoms with Crippen LogP contribution in [0.2, 0.25) is 0 Å². The number of anilines is 2. The highest BCUT2D eigenvalue weighted by atomic mass is 32.1. The predicted octanol–water partition coefficient (Wildman–Crippen LogP) is 2.62. The highest BCUT2D eigenvalue weighted by Gasteiger charge is 2.20. The summed E-state index contributed by atoms with van der Waals surface area (Å²) in [6.45, 7) is 3.78. The molecule has 5 heteroatoms. The molecule has 18 heavy (non-hydrogen) atoms. The summed E-state index contributed by atoms with van der Waals surface area (Å²) in [4.78, 5) is 18.7. The highest BCUT2D eigenvalue weighted by Crippen LogP contribution is 2.25. The van der Waals surface area contributed by atoms with Crippen molar-refractivity contribution in [2.75, 3.05) is 17.7 Å². The number of carbonyl (C=O) groups excluding carboxylic acids is 1. The standard InChI is InChI=1S/C13H15N3OS/c1-8-6-4-5-7-10(8)16(3)12(17)11-9(2)15-13(14)18-11/h4-7H,1-3H3,(H2,14,15). The molecular weight excluding hydrogens is 246 g/mol. The molecule has 4 nitrogen and oxygen atoms in total. The zero-order valence-electron chi connectivity index (χ0n) is 10.6. The van der Waals surface area contributed by atoms with Gasteiger partial charge in [-0.3, -0.25) is 4.79 Å². The van der Waals surface area contributed by atoms with Crippen LogP contribution in [0.1, 0.15) is 20.9 Å². The maximum Gasteiger partial charge on any atom is 0.270 e. The number of hydrogen-bond donors (Lipinski definition) is 1. The first-order chi connectivity index (χ1) is 8.50. The minimum absolute atomic E-state index is 0.0731. The van der Waals surface area contributed by atoms with Crippen molar-refractivity contribution < 1.29 is 4.79 Å². The highest BCUT2D eigenvalue weighted by molar-refractivity contribution is 7.17. The largest absolute Gasteiger partial charge is 0.375 e. The summed E-state index contributed by atoms with van der Waals surface area (Å²) in [7, 11) is 1.76. The van der Waals surface area contributed by atoms with E-state index in [1.54, 1.807) is 18.9 Å². The number of aromatic nitrogens is 1. The van der Waals surface area contributed by atoms with Crippen molar-refractivity contribution in [3.05, 3.63) is 40.4 Å². The van der Waals surface area contributed by atoms with E-state index in [0.29, 0.717) is 15.7 Å². The lowest BCUT2D eigenvalue weighted by molar-refractivity contribution is 0.0996. The number of nitrogens with two attached hydrogens (primary N) is 1. The van der Waals surface area contributed by atoms with Crippen LogP contribution in [-0.2, 0) is 0 Å². The van der Waals surface area contributed by atoms with E-state index in [4.69, 9.17) is 5.73 Å². The van der Waals surface area contributed by atoms with Crippen LogP contribution in [0.15, 0.2) is 24.3 Å². The first kappa shape index (κ1) is 12.6. The maximum absolute atomic E-state index is 12.4. The summed E-state index contributed by atoms with van der Waals surface area (Å²) in [6, 6.07) is 7.77. The van der Waals surface area contributed by atoms with Gasteiger partial charge in [0.25, 0.3) is 5.91 Å². The molecule has 1 aromatic heterocycles. The van der Waals surface area contributed by atoms with Crippen molar-refractivity contribution >= 4 is 28.1 Å². The fourth-order valence-electron chi connectivity index (χ4n) is 1.82. The number of aryl methyl sites for hydroxylation is 2. The minimum Gasteiger partial charge on any atom is -0.375 e. The fourth-order valence-corrected chi connectivity index (χ4v) is 2.63. The molecule has 0 fully saturated rings. The lowest BCUT2D eigenvalue weighted by atomic mass is 10.2. The van der Waals surface area contributed by atoms with Crippen molar-refractivity contribution in [1.29, 1.82) is 0 Å². The number of nitrogens with zero attached hydrogens (tertiary/aromatic N) is 2. The monoisotopic (exact) mass is 261 g/mol. The van der Waals surface area contributed by atoms with E-state index in [1.165, 1.54) is 11.3 Å². The molecule has 0 saturated heterocycles. The number of carbonyl (C=O) groups is 1. The number of thiazole rings is 1. The third-order valence-corrected chi connectivity index (χ3v) is 3.76. The lowest BCUT2D eigenvalue weighted by Gasteiger charge is -2.18. The first-order valence-corrected chi connectivity index (χ1v) is 6.39. The third kappa shape index (κ3) is 2.22. The molecule has 0 spiro atoms. The van der Waals surface area contributed by atoms with E-state index in [0.717, 1.165) is 11.3 Å². The van der Waals surface area contributed by atoms with Crippen molar-refractivity contribution in [3.8, 4) is 0 Å². The molecule has 0 unspecified atom stereocenters. The summed E-state index contributed by atoms with van der Waals surface area (Å²) in [6.07, 6.45) is 0. The second-order valence-electron chi connectivity index (χ2n) is 4.12. The Balaban J connectivity index is 2.35. The van der Waals surface area contributed by atoms with Gasteiger partial charge in [0, 0.05) is 12.7 Å². The smallest absolute Gasteiger partial charge is 0.270 e. The maximum atomic E-state index is 12.4. The second kappa shape index (κ2) is 4.78. The number of nitrogen functional groups attached to an aromatic ring is 1. The summed E-state index contributed by atoms with van der Waals surface area (Å²) in [5.74, 6) is -0.0731. The summed E-state index contributed by atoms with van der Waals surface area (Å²) in [5.41, 5.74) is 8.26. The predicted molar refractivity (Wildman–Crippen MR) is 75.2 cm³/mol. The van der Waals surface area contributed by atoms with Crippen LogP contribution in [0, 0.1) is 13.8 Å². The molecule has 0 radical (unpaired) electrons. The van der Waals surface area contributed by atoms with Crippen LogP contribution in [0.4, 0.5) is 10.8 Å². The zero-order valence-corrected chi connectivity index (χ0v) is 11.4. The Morgan fingerprint density at radius 1 is 1.33 bits per heavy atom. The minimum atomic E-state index is -0.0731. The Morgan fingerprint density at radius 2 is 2.00 bits per heavy atom. The van der Waals surface area contributed by atoms with E-state index < -0.39 is 0 Å². The lowest BCUT2D eigenvalue weighted by Crippen LogP contribution is -2.26. The van der Waals surface area contributed by atoms with Gasteiger partial charge in [0.2, 0.25) is 0 Å². The third-order valence-electron chi connectivity index (χ3n) is 2.79. The van der Waals surface area contributed by atoms with Crippen LogP contribution >= 0.6 is 11.3 Å². The van der Waals surface area contributed by atoms with Gasteiger partial charge >= 0.3 is 0 Å². The second-order valence-corrected chi connectivity index (χ2v) is 5.15. The number of para-hydroxylation sites is 1. The average Bonchev–Trinajstić information content (AvgIpc) is 2.67. The molecule has 1 aromatic carbocycles. The first-order valence-electron chi connectivity index (χ1n) is 5.57. The van der Waals surface area contributed by atoms with Crippen LogP contribution in [-0.4, -0.2) is 17.9 Å². The zero-order chi connectivity index (χ0) is 13.3. The van der Waals surface area contributed by atoms with Crippen LogP contribution < -0.4 is 10.6 Å². The van der Waals surface area contributed by atoms with E-state index in [2.05, 4.69) is 4.98 Å². The number of amides is 1. The number of benzene rings is 1. The van der Waals surface area contributed by atoms with Gasteiger partial charge in [-0.05, 0) is 25.5 Å². The van der Waals surface area contributed by atoms with Crippen molar-refractivity contribution in [2.24, 2.45) is 0 Å². The molecular formula is C13H15N3OS. The molecule has 94 valence electrons. The van der Waals surface area contributed by atoms with Gasteiger partial charge in [-0.1, -0.05) is 29.5 Å². The normalized spacial score (nSPS) is 10.4. The molecule has 0 bridgehead atoms.